The first-order valence-electron chi connectivity index (χ1n) is 25.5. The molecule has 71 heavy (non-hydrogen) atoms. The number of hydrogen-bond donors (Lipinski definition) is 4. The maximum Gasteiger partial charge on any atom is 0.246 e. The zero-order valence-corrected chi connectivity index (χ0v) is 42.9. The van der Waals surface area contributed by atoms with Crippen molar-refractivity contribution >= 4 is 40.5 Å². The summed E-state index contributed by atoms with van der Waals surface area (Å²) in [5.74, 6) is 0.167. The number of aromatic nitrogens is 4. The Morgan fingerprint density at radius 2 is 1.54 bits per heavy atom. The number of aliphatic hydroxyl groups is 2. The number of amides is 3. The molecule has 0 bridgehead atoms. The quantitative estimate of drug-likeness (QED) is 0.0551. The van der Waals surface area contributed by atoms with Gasteiger partial charge in [0.1, 0.15) is 17.9 Å². The Balaban J connectivity index is 0.802. The monoisotopic (exact) mass is 982 g/mol. The number of carbonyl (C=O) groups is 3. The summed E-state index contributed by atoms with van der Waals surface area (Å²) in [6.07, 6.45) is 6.44. The van der Waals surface area contributed by atoms with Crippen LogP contribution in [0.3, 0.4) is 0 Å². The van der Waals surface area contributed by atoms with Crippen LogP contribution >= 0.6 is 11.3 Å². The lowest BCUT2D eigenvalue weighted by Gasteiger charge is -2.35. The van der Waals surface area contributed by atoms with Crippen molar-refractivity contribution < 1.29 is 24.6 Å². The van der Waals surface area contributed by atoms with Crippen LogP contribution in [0.25, 0.3) is 38.5 Å². The van der Waals surface area contributed by atoms with Gasteiger partial charge in [0.2, 0.25) is 17.7 Å². The summed E-state index contributed by atoms with van der Waals surface area (Å²) in [5.41, 5.74) is 11.4. The Morgan fingerprint density at radius 3 is 2.24 bits per heavy atom. The van der Waals surface area contributed by atoms with Crippen molar-refractivity contribution in [1.82, 2.24) is 40.0 Å². The molecular formula is C56H71N9O5S. The lowest BCUT2D eigenvalue weighted by Crippen LogP contribution is -2.57. The SMILES string of the molecule is Cc1ncsc1-c1ccc(CNC(=O)[C@@H]2C[C@@H](O)CN2C(=O)[C@@H](NC(=O)CCCCCCCCc2cccc(-c3cc(N4CCN(CCO)CC4)n4nc(C)c(-c5ccccc5)c4n3)c2)C(C)(C)C)cc1. The number of nitrogens with zero attached hydrogens (tertiary/aromatic N) is 7. The fourth-order valence-electron chi connectivity index (χ4n) is 9.99. The molecule has 0 aliphatic carbocycles. The molecule has 6 aromatic rings. The Hall–Kier alpha value is -6.00. The van der Waals surface area contributed by atoms with Crippen molar-refractivity contribution in [3.05, 3.63) is 113 Å². The Labute approximate surface area is 422 Å². The predicted octanol–water partition coefficient (Wildman–Crippen LogP) is 8.00. The molecule has 3 amide bonds. The summed E-state index contributed by atoms with van der Waals surface area (Å²) in [5, 5.41) is 31.2. The second-order valence-electron chi connectivity index (χ2n) is 20.4. The molecule has 2 aliphatic heterocycles. The number of benzene rings is 3. The normalized spacial score (nSPS) is 16.9. The number of fused-ring (bicyclic) bond motifs is 1. The van der Waals surface area contributed by atoms with E-state index in [-0.39, 0.29) is 43.8 Å². The van der Waals surface area contributed by atoms with E-state index >= 15 is 0 Å². The van der Waals surface area contributed by atoms with E-state index < -0.39 is 23.6 Å². The van der Waals surface area contributed by atoms with Gasteiger partial charge in [-0.3, -0.25) is 19.3 Å². The molecule has 0 spiro atoms. The molecule has 14 nitrogen and oxygen atoms in total. The number of piperazine rings is 1. The highest BCUT2D eigenvalue weighted by atomic mass is 32.1. The first-order valence-corrected chi connectivity index (χ1v) is 26.3. The summed E-state index contributed by atoms with van der Waals surface area (Å²) < 4.78 is 2.01. The van der Waals surface area contributed by atoms with Crippen molar-refractivity contribution in [2.24, 2.45) is 5.41 Å². The molecule has 2 saturated heterocycles. The number of thiazole rings is 1. The highest BCUT2D eigenvalue weighted by Crippen LogP contribution is 2.34. The number of unbranched alkanes of at least 4 members (excludes halogenated alkanes) is 5. The van der Waals surface area contributed by atoms with E-state index in [1.165, 1.54) is 10.5 Å². The summed E-state index contributed by atoms with van der Waals surface area (Å²) >= 11 is 1.59. The standard InChI is InChI=1S/C56H71N9O5S/c1-38-50(42-18-12-10-13-19-42)53-59-46(34-49(65(53)61-38)63-28-26-62(27-29-63)30-31-66)44-20-15-17-40(32-44)16-11-8-6-7-9-14-21-48(68)60-52(56(3,4)5)55(70)64-36-45(67)33-47(64)54(69)57-35-41-22-24-43(25-23-41)51-39(2)58-37-71-51/h10,12-13,15,17-20,22-25,32,34,37,45,47,52,66-67H,6-9,11,14,16,21,26-31,33,35-36H2,1-5H3,(H,57,69)(H,60,68)/t45-,47+,52-/m1/s1. The molecule has 0 saturated carbocycles. The number of anilines is 1. The summed E-state index contributed by atoms with van der Waals surface area (Å²) in [4.78, 5) is 57.8. The molecule has 3 atom stereocenters. The lowest BCUT2D eigenvalue weighted by molar-refractivity contribution is -0.144. The summed E-state index contributed by atoms with van der Waals surface area (Å²) in [7, 11) is 0. The first kappa shape index (κ1) is 51.4. The Kier molecular flexibility index (Phi) is 17.0. The average molecular weight is 982 g/mol. The van der Waals surface area contributed by atoms with E-state index in [9.17, 15) is 24.6 Å². The van der Waals surface area contributed by atoms with E-state index in [0.717, 1.165) is 132 Å². The van der Waals surface area contributed by atoms with Crippen molar-refractivity contribution in [2.45, 2.75) is 117 Å². The van der Waals surface area contributed by atoms with Crippen molar-refractivity contribution in [1.29, 1.82) is 0 Å². The minimum Gasteiger partial charge on any atom is -0.395 e. The number of aryl methyl sites for hydroxylation is 3. The smallest absolute Gasteiger partial charge is 0.246 e. The third-order valence-corrected chi connectivity index (χ3v) is 15.0. The Bertz CT molecular complexity index is 2740. The molecule has 0 radical (unpaired) electrons. The van der Waals surface area contributed by atoms with E-state index in [2.05, 4.69) is 86.9 Å². The maximum absolute atomic E-state index is 14.1. The molecule has 5 heterocycles. The van der Waals surface area contributed by atoms with Gasteiger partial charge in [0, 0.05) is 75.8 Å². The Morgan fingerprint density at radius 1 is 0.817 bits per heavy atom. The van der Waals surface area contributed by atoms with Crippen LogP contribution in [0.15, 0.2) is 90.4 Å². The fraction of sp³-hybridized carbons (Fsp3) is 0.464. The molecule has 2 aliphatic rings. The third-order valence-electron chi connectivity index (χ3n) is 14.0. The van der Waals surface area contributed by atoms with Gasteiger partial charge in [-0.15, -0.1) is 11.3 Å². The van der Waals surface area contributed by atoms with E-state index in [1.54, 1.807) is 11.3 Å². The van der Waals surface area contributed by atoms with Crippen LogP contribution in [-0.4, -0.2) is 121 Å². The van der Waals surface area contributed by atoms with Crippen LogP contribution in [0.5, 0.6) is 0 Å². The molecule has 4 N–H and O–H groups in total. The first-order chi connectivity index (χ1) is 34.3. The molecule has 2 fully saturated rings. The van der Waals surface area contributed by atoms with Crippen LogP contribution in [0.2, 0.25) is 0 Å². The van der Waals surface area contributed by atoms with Gasteiger partial charge in [0.05, 0.1) is 40.2 Å². The molecule has 0 unspecified atom stereocenters. The summed E-state index contributed by atoms with van der Waals surface area (Å²) in [6.45, 7) is 14.4. The van der Waals surface area contributed by atoms with Crippen LogP contribution in [0.4, 0.5) is 5.82 Å². The van der Waals surface area contributed by atoms with Gasteiger partial charge in [-0.2, -0.15) is 9.61 Å². The fourth-order valence-corrected chi connectivity index (χ4v) is 10.8. The molecule has 3 aromatic heterocycles. The van der Waals surface area contributed by atoms with E-state index in [0.29, 0.717) is 13.0 Å². The molecule has 8 rings (SSSR count). The molecular weight excluding hydrogens is 911 g/mol. The van der Waals surface area contributed by atoms with Gasteiger partial charge < -0.3 is 30.6 Å². The number of aliphatic hydroxyl groups excluding tert-OH is 2. The summed E-state index contributed by atoms with van der Waals surface area (Å²) in [6, 6.07) is 27.6. The second kappa shape index (κ2) is 23.5. The number of carbonyl (C=O) groups excluding carboxylic acids is 3. The maximum atomic E-state index is 14.1. The number of likely N-dealkylation sites (tertiary alicyclic amines) is 1. The van der Waals surface area contributed by atoms with Gasteiger partial charge in [-0.1, -0.05) is 119 Å². The van der Waals surface area contributed by atoms with Gasteiger partial charge in [0.15, 0.2) is 5.65 Å². The van der Waals surface area contributed by atoms with Crippen molar-refractivity contribution in [3.8, 4) is 32.8 Å². The van der Waals surface area contributed by atoms with E-state index in [4.69, 9.17) is 10.1 Å². The van der Waals surface area contributed by atoms with Gasteiger partial charge in [-0.05, 0) is 66.8 Å². The number of β-amino-alcohol motifs (C(OH)–C–C–N with tert-alkyl or cyclic N) is 2. The molecule has 376 valence electrons. The second-order valence-corrected chi connectivity index (χ2v) is 21.2. The topological polar surface area (TPSA) is 169 Å². The highest BCUT2D eigenvalue weighted by Gasteiger charge is 2.44. The zero-order chi connectivity index (χ0) is 50.1. The lowest BCUT2D eigenvalue weighted by atomic mass is 9.85. The third kappa shape index (κ3) is 12.7. The van der Waals surface area contributed by atoms with Crippen molar-refractivity contribution in [2.75, 3.05) is 50.8 Å². The van der Waals surface area contributed by atoms with Crippen molar-refractivity contribution in [3.63, 3.8) is 0 Å². The highest BCUT2D eigenvalue weighted by molar-refractivity contribution is 7.13. The van der Waals surface area contributed by atoms with Gasteiger partial charge >= 0.3 is 0 Å². The average Bonchev–Trinajstić information content (AvgIpc) is 4.08. The molecule has 3 aromatic carbocycles. The van der Waals surface area contributed by atoms with Crippen LogP contribution < -0.4 is 15.5 Å². The largest absolute Gasteiger partial charge is 0.395 e. The zero-order valence-electron chi connectivity index (χ0n) is 42.1. The predicted molar refractivity (Wildman–Crippen MR) is 282 cm³/mol. The van der Waals surface area contributed by atoms with E-state index in [1.807, 2.05) is 68.1 Å². The van der Waals surface area contributed by atoms with Crippen LogP contribution in [0.1, 0.15) is 94.7 Å². The minimum absolute atomic E-state index is 0.0375. The minimum atomic E-state index is -0.849. The van der Waals surface area contributed by atoms with Gasteiger partial charge in [0.25, 0.3) is 0 Å². The number of hydrogen-bond acceptors (Lipinski definition) is 11. The van der Waals surface area contributed by atoms with Gasteiger partial charge in [-0.25, -0.2) is 9.97 Å². The number of nitrogens with one attached hydrogen (secondary N) is 2. The number of rotatable bonds is 20. The van der Waals surface area contributed by atoms with Crippen LogP contribution in [-0.2, 0) is 27.3 Å². The van der Waals surface area contributed by atoms with Crippen LogP contribution in [0, 0.1) is 19.3 Å². The molecule has 15 heteroatoms.